The average molecular weight is 538 g/mol. The van der Waals surface area contributed by atoms with Gasteiger partial charge in [-0.2, -0.15) is 0 Å². The van der Waals surface area contributed by atoms with Crippen molar-refractivity contribution in [3.63, 3.8) is 0 Å². The molecule has 2 N–H and O–H groups in total. The fourth-order valence-electron chi connectivity index (χ4n) is 4.74. The number of amides is 3. The molecule has 39 heavy (non-hydrogen) atoms. The highest BCUT2D eigenvalue weighted by molar-refractivity contribution is 5.92. The molecule has 3 amide bonds. The normalized spacial score (nSPS) is 13.8. The number of aryl methyl sites for hydroxylation is 2. The summed E-state index contributed by atoms with van der Waals surface area (Å²) in [6.45, 7) is 17.1. The van der Waals surface area contributed by atoms with Crippen LogP contribution in [0.15, 0.2) is 48.5 Å². The Kier molecular flexibility index (Phi) is 11.6. The summed E-state index contributed by atoms with van der Waals surface area (Å²) in [7, 11) is 0. The maximum absolute atomic E-state index is 14.4. The van der Waals surface area contributed by atoms with Gasteiger partial charge in [-0.25, -0.2) is 4.79 Å². The first-order valence-corrected chi connectivity index (χ1v) is 14.0. The van der Waals surface area contributed by atoms with E-state index in [4.69, 9.17) is 4.74 Å². The van der Waals surface area contributed by atoms with E-state index in [2.05, 4.69) is 17.6 Å². The fourth-order valence-corrected chi connectivity index (χ4v) is 4.74. The molecule has 7 heteroatoms. The first-order chi connectivity index (χ1) is 18.2. The lowest BCUT2D eigenvalue weighted by Gasteiger charge is -2.38. The van der Waals surface area contributed by atoms with Gasteiger partial charge in [0.25, 0.3) is 0 Å². The third kappa shape index (κ3) is 9.72. The second-order valence-electron chi connectivity index (χ2n) is 11.7. The zero-order chi connectivity index (χ0) is 29.3. The first-order valence-electron chi connectivity index (χ1n) is 14.0. The summed E-state index contributed by atoms with van der Waals surface area (Å²) in [5.41, 5.74) is 2.93. The van der Waals surface area contributed by atoms with Crippen molar-refractivity contribution in [1.82, 2.24) is 15.5 Å². The van der Waals surface area contributed by atoms with Crippen LogP contribution >= 0.6 is 0 Å². The molecular formula is C32H47N3O4. The van der Waals surface area contributed by atoms with E-state index in [-0.39, 0.29) is 30.3 Å². The number of nitrogens with one attached hydrogen (secondary N) is 2. The number of rotatable bonds is 11. The van der Waals surface area contributed by atoms with Crippen LogP contribution in [0.5, 0.6) is 0 Å². The summed E-state index contributed by atoms with van der Waals surface area (Å²) in [6, 6.07) is 13.3. The Labute approximate surface area is 234 Å². The summed E-state index contributed by atoms with van der Waals surface area (Å²) in [6.07, 6.45) is 1.35. The molecule has 2 aromatic carbocycles. The molecule has 0 saturated heterocycles. The van der Waals surface area contributed by atoms with Crippen molar-refractivity contribution in [3.05, 3.63) is 70.8 Å². The number of carbonyl (C=O) groups is 3. The van der Waals surface area contributed by atoms with Crippen molar-refractivity contribution in [2.45, 2.75) is 111 Å². The van der Waals surface area contributed by atoms with Crippen LogP contribution in [-0.4, -0.2) is 46.5 Å². The zero-order valence-electron chi connectivity index (χ0n) is 25.1. The number of carbonyl (C=O) groups excluding carboxylic acids is 3. The van der Waals surface area contributed by atoms with E-state index >= 15 is 0 Å². The molecule has 0 spiro atoms. The van der Waals surface area contributed by atoms with Gasteiger partial charge in [-0.05, 0) is 78.5 Å². The number of hydrogen-bond acceptors (Lipinski definition) is 4. The van der Waals surface area contributed by atoms with Gasteiger partial charge in [0.15, 0.2) is 0 Å². The van der Waals surface area contributed by atoms with Gasteiger partial charge in [0.1, 0.15) is 17.7 Å². The van der Waals surface area contributed by atoms with Gasteiger partial charge < -0.3 is 20.3 Å². The molecule has 2 rings (SSSR count). The molecular weight excluding hydrogens is 490 g/mol. The fraction of sp³-hybridized carbons (Fsp3) is 0.531. The highest BCUT2D eigenvalue weighted by Crippen LogP contribution is 2.29. The van der Waals surface area contributed by atoms with Crippen LogP contribution in [0.4, 0.5) is 4.79 Å². The van der Waals surface area contributed by atoms with E-state index in [1.54, 1.807) is 25.7 Å². The predicted octanol–water partition coefficient (Wildman–Crippen LogP) is 6.02. The summed E-state index contributed by atoms with van der Waals surface area (Å²) >= 11 is 0. The van der Waals surface area contributed by atoms with E-state index in [0.717, 1.165) is 35.1 Å². The molecule has 7 nitrogen and oxygen atoms in total. The minimum atomic E-state index is -0.932. The predicted molar refractivity (Wildman–Crippen MR) is 156 cm³/mol. The van der Waals surface area contributed by atoms with E-state index in [0.29, 0.717) is 0 Å². The minimum absolute atomic E-state index is 0.0418. The van der Waals surface area contributed by atoms with Crippen LogP contribution in [0.1, 0.15) is 89.6 Å². The third-order valence-corrected chi connectivity index (χ3v) is 6.44. The molecule has 0 heterocycles. The SMILES string of the molecule is CCCC(C)NC(=O)C(c1ccc(C)cc1C)N(C(=O)C(Cc1ccccc1)NC(=O)OC(C)(C)C)C(C)C. The Morgan fingerprint density at radius 1 is 0.949 bits per heavy atom. The Bertz CT molecular complexity index is 1110. The van der Waals surface area contributed by atoms with Gasteiger partial charge in [0, 0.05) is 18.5 Å². The van der Waals surface area contributed by atoms with Crippen molar-refractivity contribution in [1.29, 1.82) is 0 Å². The van der Waals surface area contributed by atoms with Gasteiger partial charge >= 0.3 is 6.09 Å². The number of alkyl carbamates (subject to hydrolysis) is 1. The molecule has 0 radical (unpaired) electrons. The summed E-state index contributed by atoms with van der Waals surface area (Å²) < 4.78 is 5.50. The van der Waals surface area contributed by atoms with Crippen molar-refractivity contribution in [3.8, 4) is 0 Å². The standard InChI is InChI=1S/C32H47N3O4/c1-10-14-24(6)33-29(36)28(26-18-17-22(4)19-23(26)5)35(21(2)3)30(37)27(20-25-15-12-11-13-16-25)34-31(38)39-32(7,8)9/h11-13,15-19,21,24,27-28H,10,14,20H2,1-9H3,(H,33,36)(H,34,38). The lowest BCUT2D eigenvalue weighted by atomic mass is 9.94. The Morgan fingerprint density at radius 3 is 2.13 bits per heavy atom. The Hall–Kier alpha value is -3.35. The van der Waals surface area contributed by atoms with E-state index in [1.165, 1.54) is 0 Å². The van der Waals surface area contributed by atoms with Crippen LogP contribution in [0.2, 0.25) is 0 Å². The van der Waals surface area contributed by atoms with E-state index < -0.39 is 23.8 Å². The largest absolute Gasteiger partial charge is 0.444 e. The van der Waals surface area contributed by atoms with E-state index in [1.807, 2.05) is 83.1 Å². The van der Waals surface area contributed by atoms with Crippen LogP contribution in [0, 0.1) is 13.8 Å². The van der Waals surface area contributed by atoms with Gasteiger partial charge in [-0.15, -0.1) is 0 Å². The molecule has 0 bridgehead atoms. The number of nitrogens with zero attached hydrogens (tertiary/aromatic N) is 1. The maximum atomic E-state index is 14.4. The number of benzene rings is 2. The van der Waals surface area contributed by atoms with Gasteiger partial charge in [0.05, 0.1) is 0 Å². The van der Waals surface area contributed by atoms with Crippen molar-refractivity contribution >= 4 is 17.9 Å². The molecule has 0 saturated carbocycles. The lowest BCUT2D eigenvalue weighted by Crippen LogP contribution is -2.56. The van der Waals surface area contributed by atoms with Crippen LogP contribution in [-0.2, 0) is 20.7 Å². The highest BCUT2D eigenvalue weighted by atomic mass is 16.6. The number of hydrogen-bond donors (Lipinski definition) is 2. The maximum Gasteiger partial charge on any atom is 0.408 e. The quantitative estimate of drug-likeness (QED) is 0.367. The second-order valence-corrected chi connectivity index (χ2v) is 11.7. The van der Waals surface area contributed by atoms with E-state index in [9.17, 15) is 14.4 Å². The summed E-state index contributed by atoms with van der Waals surface area (Å²) in [4.78, 5) is 42.7. The average Bonchev–Trinajstić information content (AvgIpc) is 2.81. The smallest absolute Gasteiger partial charge is 0.408 e. The topological polar surface area (TPSA) is 87.7 Å². The summed E-state index contributed by atoms with van der Waals surface area (Å²) in [5, 5.41) is 5.93. The molecule has 0 aromatic heterocycles. The molecule has 0 aliphatic heterocycles. The molecule has 3 unspecified atom stereocenters. The Balaban J connectivity index is 2.57. The van der Waals surface area contributed by atoms with Crippen LogP contribution < -0.4 is 10.6 Å². The molecule has 2 aromatic rings. The molecule has 0 aliphatic rings. The van der Waals surface area contributed by atoms with Crippen molar-refractivity contribution in [2.75, 3.05) is 0 Å². The summed E-state index contributed by atoms with van der Waals surface area (Å²) in [5.74, 6) is -0.580. The van der Waals surface area contributed by atoms with Crippen LogP contribution in [0.25, 0.3) is 0 Å². The molecule has 0 fully saturated rings. The van der Waals surface area contributed by atoms with Crippen LogP contribution in [0.3, 0.4) is 0 Å². The second kappa shape index (κ2) is 14.2. The highest BCUT2D eigenvalue weighted by Gasteiger charge is 2.38. The van der Waals surface area contributed by atoms with Crippen molar-refractivity contribution in [2.24, 2.45) is 0 Å². The monoisotopic (exact) mass is 537 g/mol. The third-order valence-electron chi connectivity index (χ3n) is 6.44. The van der Waals surface area contributed by atoms with Crippen molar-refractivity contribution < 1.29 is 19.1 Å². The minimum Gasteiger partial charge on any atom is -0.444 e. The Morgan fingerprint density at radius 2 is 1.59 bits per heavy atom. The number of ether oxygens (including phenoxy) is 1. The van der Waals surface area contributed by atoms with Gasteiger partial charge in [-0.3, -0.25) is 9.59 Å². The molecule has 214 valence electrons. The lowest BCUT2D eigenvalue weighted by molar-refractivity contribution is -0.144. The molecule has 0 aliphatic carbocycles. The van der Waals surface area contributed by atoms with Gasteiger partial charge in [0.2, 0.25) is 11.8 Å². The van der Waals surface area contributed by atoms with Gasteiger partial charge in [-0.1, -0.05) is 67.4 Å². The molecule has 3 atom stereocenters. The first kappa shape index (κ1) is 31.9. The zero-order valence-corrected chi connectivity index (χ0v) is 25.1.